The Morgan fingerprint density at radius 1 is 1.47 bits per heavy atom. The Bertz CT molecular complexity index is 404. The SMILES string of the molecule is COCCN(CCO)c1cccc(Br)c1C#N. The predicted octanol–water partition coefficient (Wildman–Crippen LogP) is 1.77. The van der Waals surface area contributed by atoms with Crippen molar-refractivity contribution in [2.75, 3.05) is 38.3 Å². The molecule has 92 valence electrons. The van der Waals surface area contributed by atoms with Crippen molar-refractivity contribution in [3.63, 3.8) is 0 Å². The van der Waals surface area contributed by atoms with Crippen LogP contribution in [0, 0.1) is 11.3 Å². The van der Waals surface area contributed by atoms with E-state index in [1.807, 2.05) is 23.1 Å². The second kappa shape index (κ2) is 7.28. The van der Waals surface area contributed by atoms with Gasteiger partial charge in [0.15, 0.2) is 0 Å². The number of hydrogen-bond donors (Lipinski definition) is 1. The zero-order valence-electron chi connectivity index (χ0n) is 9.69. The minimum Gasteiger partial charge on any atom is -0.395 e. The number of nitriles is 1. The highest BCUT2D eigenvalue weighted by Gasteiger charge is 2.12. The van der Waals surface area contributed by atoms with E-state index >= 15 is 0 Å². The molecule has 1 aromatic carbocycles. The van der Waals surface area contributed by atoms with Crippen molar-refractivity contribution in [2.45, 2.75) is 0 Å². The first-order valence-electron chi connectivity index (χ1n) is 5.28. The van der Waals surface area contributed by atoms with E-state index in [1.54, 1.807) is 7.11 Å². The van der Waals surface area contributed by atoms with Gasteiger partial charge in [0.1, 0.15) is 6.07 Å². The molecule has 4 nitrogen and oxygen atoms in total. The van der Waals surface area contributed by atoms with Crippen LogP contribution in [0.1, 0.15) is 5.56 Å². The van der Waals surface area contributed by atoms with Gasteiger partial charge in [0.2, 0.25) is 0 Å². The quantitative estimate of drug-likeness (QED) is 0.869. The molecule has 0 saturated heterocycles. The average Bonchev–Trinajstić information content (AvgIpc) is 2.34. The summed E-state index contributed by atoms with van der Waals surface area (Å²) in [5.41, 5.74) is 1.39. The lowest BCUT2D eigenvalue weighted by molar-refractivity contribution is 0.203. The summed E-state index contributed by atoms with van der Waals surface area (Å²) in [5, 5.41) is 18.2. The van der Waals surface area contributed by atoms with Gasteiger partial charge in [-0.2, -0.15) is 5.26 Å². The van der Waals surface area contributed by atoms with E-state index in [0.29, 0.717) is 25.3 Å². The summed E-state index contributed by atoms with van der Waals surface area (Å²) in [7, 11) is 1.63. The first-order valence-corrected chi connectivity index (χ1v) is 6.07. The summed E-state index contributed by atoms with van der Waals surface area (Å²) < 4.78 is 5.79. The molecule has 1 N–H and O–H groups in total. The molecule has 0 atom stereocenters. The summed E-state index contributed by atoms with van der Waals surface area (Å²) in [6.07, 6.45) is 0. The van der Waals surface area contributed by atoms with Crippen LogP contribution in [-0.2, 0) is 4.74 Å². The van der Waals surface area contributed by atoms with Crippen LogP contribution in [-0.4, -0.2) is 38.5 Å². The van der Waals surface area contributed by atoms with Crippen LogP contribution >= 0.6 is 15.9 Å². The van der Waals surface area contributed by atoms with Crippen molar-refractivity contribution in [3.8, 4) is 6.07 Å². The Hall–Kier alpha value is -1.09. The third-order valence-electron chi connectivity index (χ3n) is 2.38. The van der Waals surface area contributed by atoms with Gasteiger partial charge in [0, 0.05) is 24.7 Å². The maximum absolute atomic E-state index is 9.14. The van der Waals surface area contributed by atoms with Gasteiger partial charge in [-0.05, 0) is 28.1 Å². The van der Waals surface area contributed by atoms with Crippen LogP contribution < -0.4 is 4.90 Å². The van der Waals surface area contributed by atoms with Crippen LogP contribution in [0.5, 0.6) is 0 Å². The molecule has 0 spiro atoms. The zero-order valence-corrected chi connectivity index (χ0v) is 11.3. The Morgan fingerprint density at radius 2 is 2.24 bits per heavy atom. The maximum atomic E-state index is 9.14. The number of aliphatic hydroxyl groups is 1. The van der Waals surface area contributed by atoms with Gasteiger partial charge in [0.25, 0.3) is 0 Å². The molecule has 0 aliphatic heterocycles. The van der Waals surface area contributed by atoms with E-state index in [1.165, 1.54) is 0 Å². The third-order valence-corrected chi connectivity index (χ3v) is 3.04. The number of halogens is 1. The van der Waals surface area contributed by atoms with Gasteiger partial charge in [-0.25, -0.2) is 0 Å². The van der Waals surface area contributed by atoms with Gasteiger partial charge >= 0.3 is 0 Å². The lowest BCUT2D eigenvalue weighted by Crippen LogP contribution is -2.30. The highest BCUT2D eigenvalue weighted by atomic mass is 79.9. The van der Waals surface area contributed by atoms with Crippen molar-refractivity contribution in [1.29, 1.82) is 5.26 Å². The number of benzene rings is 1. The van der Waals surface area contributed by atoms with Crippen molar-refractivity contribution in [1.82, 2.24) is 0 Å². The minimum atomic E-state index is 0.0428. The summed E-state index contributed by atoms with van der Waals surface area (Å²) in [6, 6.07) is 7.74. The van der Waals surface area contributed by atoms with Crippen LogP contribution in [0.3, 0.4) is 0 Å². The molecule has 0 heterocycles. The fraction of sp³-hybridized carbons (Fsp3) is 0.417. The first kappa shape index (κ1) is 14.0. The van der Waals surface area contributed by atoms with E-state index in [9.17, 15) is 0 Å². The largest absolute Gasteiger partial charge is 0.395 e. The van der Waals surface area contributed by atoms with E-state index in [4.69, 9.17) is 15.1 Å². The average molecular weight is 299 g/mol. The molecule has 0 saturated carbocycles. The number of anilines is 1. The molecule has 0 fully saturated rings. The highest BCUT2D eigenvalue weighted by molar-refractivity contribution is 9.10. The van der Waals surface area contributed by atoms with Gasteiger partial charge in [-0.15, -0.1) is 0 Å². The molecular weight excluding hydrogens is 284 g/mol. The van der Waals surface area contributed by atoms with Crippen LogP contribution in [0.4, 0.5) is 5.69 Å². The molecule has 1 rings (SSSR count). The molecule has 17 heavy (non-hydrogen) atoms. The van der Waals surface area contributed by atoms with Crippen molar-refractivity contribution in [2.24, 2.45) is 0 Å². The molecular formula is C12H15BrN2O2. The Morgan fingerprint density at radius 3 is 2.82 bits per heavy atom. The van der Waals surface area contributed by atoms with Crippen molar-refractivity contribution in [3.05, 3.63) is 28.2 Å². The Kier molecular flexibility index (Phi) is 5.98. The van der Waals surface area contributed by atoms with E-state index in [0.717, 1.165) is 10.2 Å². The molecule has 0 bridgehead atoms. The molecule has 5 heteroatoms. The normalized spacial score (nSPS) is 10.0. The number of rotatable bonds is 6. The third kappa shape index (κ3) is 3.70. The van der Waals surface area contributed by atoms with Gasteiger partial charge in [-0.3, -0.25) is 0 Å². The first-order chi connectivity index (χ1) is 8.24. The number of hydrogen-bond acceptors (Lipinski definition) is 4. The van der Waals surface area contributed by atoms with Gasteiger partial charge in [-0.1, -0.05) is 6.07 Å². The Balaban J connectivity index is 3.01. The summed E-state index contributed by atoms with van der Waals surface area (Å²) in [5.74, 6) is 0. The maximum Gasteiger partial charge on any atom is 0.103 e. The van der Waals surface area contributed by atoms with Crippen LogP contribution in [0.25, 0.3) is 0 Å². The van der Waals surface area contributed by atoms with Gasteiger partial charge in [0.05, 0.1) is 24.5 Å². The number of aliphatic hydroxyl groups excluding tert-OH is 1. The predicted molar refractivity (Wildman–Crippen MR) is 70.0 cm³/mol. The lowest BCUT2D eigenvalue weighted by Gasteiger charge is -2.24. The topological polar surface area (TPSA) is 56.5 Å². The van der Waals surface area contributed by atoms with Crippen molar-refractivity contribution >= 4 is 21.6 Å². The van der Waals surface area contributed by atoms with E-state index in [2.05, 4.69) is 22.0 Å². The number of ether oxygens (including phenoxy) is 1. The van der Waals surface area contributed by atoms with Crippen LogP contribution in [0.15, 0.2) is 22.7 Å². The minimum absolute atomic E-state index is 0.0428. The second-order valence-electron chi connectivity index (χ2n) is 3.45. The zero-order chi connectivity index (χ0) is 12.7. The molecule has 0 radical (unpaired) electrons. The summed E-state index contributed by atoms with van der Waals surface area (Å²) in [6.45, 7) is 1.72. The van der Waals surface area contributed by atoms with E-state index < -0.39 is 0 Å². The molecule has 0 unspecified atom stereocenters. The monoisotopic (exact) mass is 298 g/mol. The number of methoxy groups -OCH3 is 1. The second-order valence-corrected chi connectivity index (χ2v) is 4.30. The Labute approximate surface area is 110 Å². The molecule has 0 aromatic heterocycles. The fourth-order valence-electron chi connectivity index (χ4n) is 1.56. The smallest absolute Gasteiger partial charge is 0.103 e. The fourth-order valence-corrected chi connectivity index (χ4v) is 2.01. The standard InChI is InChI=1S/C12H15BrN2O2/c1-17-8-6-15(5-7-16)12-4-2-3-11(13)10(12)9-14/h2-4,16H,5-8H2,1H3. The molecule has 1 aromatic rings. The lowest BCUT2D eigenvalue weighted by atomic mass is 10.1. The summed E-state index contributed by atoms with van der Waals surface area (Å²) in [4.78, 5) is 1.94. The van der Waals surface area contributed by atoms with Crippen molar-refractivity contribution < 1.29 is 9.84 Å². The summed E-state index contributed by atoms with van der Waals surface area (Å²) >= 11 is 3.35. The number of nitrogens with zero attached hydrogens (tertiary/aromatic N) is 2. The molecule has 0 aliphatic rings. The van der Waals surface area contributed by atoms with Gasteiger partial charge < -0.3 is 14.7 Å². The highest BCUT2D eigenvalue weighted by Crippen LogP contribution is 2.26. The molecule has 0 aliphatic carbocycles. The van der Waals surface area contributed by atoms with E-state index in [-0.39, 0.29) is 6.61 Å². The molecule has 0 amide bonds. The van der Waals surface area contributed by atoms with Crippen LogP contribution in [0.2, 0.25) is 0 Å².